The molecule has 19 heavy (non-hydrogen) atoms. The van der Waals surface area contributed by atoms with Crippen LogP contribution < -0.4 is 5.73 Å². The second-order valence-corrected chi connectivity index (χ2v) is 6.92. The van der Waals surface area contributed by atoms with Crippen molar-refractivity contribution >= 4 is 5.84 Å². The van der Waals surface area contributed by atoms with Gasteiger partial charge >= 0.3 is 0 Å². The third-order valence-corrected chi connectivity index (χ3v) is 5.67. The first-order valence-electron chi connectivity index (χ1n) is 8.29. The molecule has 0 amide bonds. The highest BCUT2D eigenvalue weighted by atomic mass is 15.2. The lowest BCUT2D eigenvalue weighted by molar-refractivity contribution is 0.0573. The van der Waals surface area contributed by atoms with Gasteiger partial charge in [-0.05, 0) is 45.6 Å². The molecule has 3 aliphatic rings. The summed E-state index contributed by atoms with van der Waals surface area (Å²) in [5.74, 6) is 1.57. The molecule has 0 aromatic carbocycles. The summed E-state index contributed by atoms with van der Waals surface area (Å²) in [6.07, 6.45) is 13.2. The Morgan fingerprint density at radius 2 is 1.58 bits per heavy atom. The van der Waals surface area contributed by atoms with Gasteiger partial charge in [-0.3, -0.25) is 4.99 Å². The molecule has 2 bridgehead atoms. The summed E-state index contributed by atoms with van der Waals surface area (Å²) in [4.78, 5) is 7.55. The monoisotopic (exact) mass is 263 g/mol. The lowest BCUT2D eigenvalue weighted by atomic mass is 9.82. The predicted octanol–water partition coefficient (Wildman–Crippen LogP) is 2.94. The van der Waals surface area contributed by atoms with Crippen LogP contribution in [0.3, 0.4) is 0 Å². The average Bonchev–Trinajstić information content (AvgIpc) is 2.41. The van der Waals surface area contributed by atoms with Crippen LogP contribution in [0, 0.1) is 5.92 Å². The van der Waals surface area contributed by atoms with Crippen molar-refractivity contribution in [3.8, 4) is 0 Å². The molecular weight excluding hydrogens is 234 g/mol. The van der Waals surface area contributed by atoms with Crippen molar-refractivity contribution in [2.75, 3.05) is 7.05 Å². The largest absolute Gasteiger partial charge is 0.387 e. The zero-order valence-corrected chi connectivity index (χ0v) is 12.4. The van der Waals surface area contributed by atoms with Crippen LogP contribution in [0.2, 0.25) is 0 Å². The second-order valence-electron chi connectivity index (χ2n) is 6.92. The number of fused-ring (bicyclic) bond motifs is 2. The Labute approximate surface area is 117 Å². The van der Waals surface area contributed by atoms with Crippen molar-refractivity contribution in [1.82, 2.24) is 4.90 Å². The molecule has 1 aliphatic carbocycles. The van der Waals surface area contributed by atoms with E-state index < -0.39 is 0 Å². The number of amidine groups is 1. The SMILES string of the molecule is CN1C2CCCC1CC(N=C(N)C1CCCCC1)C2. The van der Waals surface area contributed by atoms with Gasteiger partial charge in [0.25, 0.3) is 0 Å². The van der Waals surface area contributed by atoms with E-state index in [9.17, 15) is 0 Å². The number of hydrogen-bond acceptors (Lipinski definition) is 2. The van der Waals surface area contributed by atoms with Crippen molar-refractivity contribution in [3.05, 3.63) is 0 Å². The van der Waals surface area contributed by atoms with Crippen LogP contribution in [0.15, 0.2) is 4.99 Å². The third kappa shape index (κ3) is 2.96. The molecule has 3 fully saturated rings. The smallest absolute Gasteiger partial charge is 0.0971 e. The van der Waals surface area contributed by atoms with Gasteiger partial charge in [0.15, 0.2) is 0 Å². The van der Waals surface area contributed by atoms with Crippen molar-refractivity contribution in [3.63, 3.8) is 0 Å². The molecule has 3 heteroatoms. The zero-order valence-electron chi connectivity index (χ0n) is 12.4. The molecule has 1 saturated carbocycles. The minimum atomic E-state index is 0.508. The van der Waals surface area contributed by atoms with Crippen LogP contribution in [0.4, 0.5) is 0 Å². The van der Waals surface area contributed by atoms with Crippen LogP contribution >= 0.6 is 0 Å². The van der Waals surface area contributed by atoms with E-state index in [1.807, 2.05) is 0 Å². The Hall–Kier alpha value is -0.570. The van der Waals surface area contributed by atoms with Crippen molar-refractivity contribution in [2.24, 2.45) is 16.6 Å². The first kappa shape index (κ1) is 13.4. The van der Waals surface area contributed by atoms with Crippen molar-refractivity contribution < 1.29 is 0 Å². The maximum absolute atomic E-state index is 6.30. The third-order valence-electron chi connectivity index (χ3n) is 5.67. The quantitative estimate of drug-likeness (QED) is 0.615. The Balaban J connectivity index is 1.63. The molecule has 0 aromatic rings. The molecular formula is C16H29N3. The summed E-state index contributed by atoms with van der Waals surface area (Å²) >= 11 is 0. The van der Waals surface area contributed by atoms with Gasteiger partial charge in [-0.1, -0.05) is 25.7 Å². The Kier molecular flexibility index (Phi) is 4.11. The van der Waals surface area contributed by atoms with Crippen LogP contribution in [0.25, 0.3) is 0 Å². The van der Waals surface area contributed by atoms with E-state index in [0.29, 0.717) is 12.0 Å². The molecule has 2 unspecified atom stereocenters. The summed E-state index contributed by atoms with van der Waals surface area (Å²) in [5.41, 5.74) is 6.30. The highest BCUT2D eigenvalue weighted by molar-refractivity contribution is 5.83. The summed E-state index contributed by atoms with van der Waals surface area (Å²) in [6, 6.07) is 2.04. The van der Waals surface area contributed by atoms with E-state index in [-0.39, 0.29) is 0 Å². The van der Waals surface area contributed by atoms with Gasteiger partial charge in [0, 0.05) is 18.0 Å². The van der Waals surface area contributed by atoms with Gasteiger partial charge in [0.2, 0.25) is 0 Å². The topological polar surface area (TPSA) is 41.6 Å². The number of nitrogens with zero attached hydrogens (tertiary/aromatic N) is 2. The fraction of sp³-hybridized carbons (Fsp3) is 0.938. The minimum absolute atomic E-state index is 0.508. The zero-order chi connectivity index (χ0) is 13.2. The van der Waals surface area contributed by atoms with Crippen molar-refractivity contribution in [2.45, 2.75) is 82.3 Å². The molecule has 3 rings (SSSR count). The Morgan fingerprint density at radius 1 is 0.947 bits per heavy atom. The lowest BCUT2D eigenvalue weighted by Gasteiger charge is -2.46. The molecule has 2 atom stereocenters. The van der Waals surface area contributed by atoms with Gasteiger partial charge in [-0.25, -0.2) is 0 Å². The predicted molar refractivity (Wildman–Crippen MR) is 80.4 cm³/mol. The maximum atomic E-state index is 6.30. The van der Waals surface area contributed by atoms with Crippen LogP contribution in [0.1, 0.15) is 64.2 Å². The van der Waals surface area contributed by atoms with Gasteiger partial charge < -0.3 is 10.6 Å². The molecule has 0 spiro atoms. The number of piperidine rings is 2. The van der Waals surface area contributed by atoms with Gasteiger partial charge in [-0.2, -0.15) is 0 Å². The molecule has 2 saturated heterocycles. The maximum Gasteiger partial charge on any atom is 0.0971 e. The molecule has 108 valence electrons. The van der Waals surface area contributed by atoms with Gasteiger partial charge in [0.05, 0.1) is 11.9 Å². The number of hydrogen-bond donors (Lipinski definition) is 1. The minimum Gasteiger partial charge on any atom is -0.387 e. The summed E-state index contributed by atoms with van der Waals surface area (Å²) in [6.45, 7) is 0. The van der Waals surface area contributed by atoms with Crippen molar-refractivity contribution in [1.29, 1.82) is 0 Å². The number of nitrogens with two attached hydrogens (primary N) is 1. The molecule has 2 N–H and O–H groups in total. The number of rotatable bonds is 2. The molecule has 2 aliphatic heterocycles. The highest BCUT2D eigenvalue weighted by Gasteiger charge is 2.36. The summed E-state index contributed by atoms with van der Waals surface area (Å²) in [5, 5.41) is 0. The molecule has 0 radical (unpaired) electrons. The van der Waals surface area contributed by atoms with E-state index in [4.69, 9.17) is 10.7 Å². The fourth-order valence-electron chi connectivity index (χ4n) is 4.41. The Bertz CT molecular complexity index is 319. The van der Waals surface area contributed by atoms with E-state index >= 15 is 0 Å². The highest BCUT2D eigenvalue weighted by Crippen LogP contribution is 2.34. The first-order chi connectivity index (χ1) is 9.24. The lowest BCUT2D eigenvalue weighted by Crippen LogP contribution is -2.51. The second kappa shape index (κ2) is 5.82. The van der Waals surface area contributed by atoms with E-state index in [0.717, 1.165) is 17.9 Å². The van der Waals surface area contributed by atoms with Crippen LogP contribution in [-0.4, -0.2) is 35.9 Å². The fourth-order valence-corrected chi connectivity index (χ4v) is 4.41. The normalized spacial score (nSPS) is 38.4. The van der Waals surface area contributed by atoms with E-state index in [1.54, 1.807) is 0 Å². The Morgan fingerprint density at radius 3 is 2.21 bits per heavy atom. The first-order valence-corrected chi connectivity index (χ1v) is 8.29. The summed E-state index contributed by atoms with van der Waals surface area (Å²) < 4.78 is 0. The average molecular weight is 263 g/mol. The standard InChI is InChI=1S/C16H29N3/c1-19-14-8-5-9-15(19)11-13(10-14)18-16(17)12-6-3-2-4-7-12/h12-15H,2-11H2,1H3,(H2,17,18). The molecule has 0 aromatic heterocycles. The van der Waals surface area contributed by atoms with Crippen LogP contribution in [0.5, 0.6) is 0 Å². The number of aliphatic imine (C=N–C) groups is 1. The molecule has 3 nitrogen and oxygen atoms in total. The van der Waals surface area contributed by atoms with Gasteiger partial charge in [0.1, 0.15) is 0 Å². The summed E-state index contributed by atoms with van der Waals surface area (Å²) in [7, 11) is 2.30. The van der Waals surface area contributed by atoms with E-state index in [2.05, 4.69) is 11.9 Å². The van der Waals surface area contributed by atoms with E-state index in [1.165, 1.54) is 64.2 Å². The van der Waals surface area contributed by atoms with Crippen LogP contribution in [-0.2, 0) is 0 Å². The molecule has 2 heterocycles. The van der Waals surface area contributed by atoms with Gasteiger partial charge in [-0.15, -0.1) is 0 Å².